The highest BCUT2D eigenvalue weighted by Crippen LogP contribution is 2.26. The van der Waals surface area contributed by atoms with Gasteiger partial charge in [-0.2, -0.15) is 12.7 Å². The maximum atomic E-state index is 14.2. The lowest BCUT2D eigenvalue weighted by atomic mass is 10.0. The number of anilines is 1. The van der Waals surface area contributed by atoms with E-state index in [0.717, 1.165) is 19.7 Å². The molecule has 41 heavy (non-hydrogen) atoms. The van der Waals surface area contributed by atoms with Crippen molar-refractivity contribution < 1.29 is 22.4 Å². The summed E-state index contributed by atoms with van der Waals surface area (Å²) < 4.78 is 42.9. The third-order valence-corrected chi connectivity index (χ3v) is 8.43. The van der Waals surface area contributed by atoms with Gasteiger partial charge in [-0.1, -0.05) is 54.6 Å². The predicted molar refractivity (Wildman–Crippen MR) is 160 cm³/mol. The first kappa shape index (κ1) is 31.8. The molecule has 8 nitrogen and oxygen atoms in total. The van der Waals surface area contributed by atoms with Crippen molar-refractivity contribution in [1.82, 2.24) is 14.5 Å². The fourth-order valence-corrected chi connectivity index (χ4v) is 5.52. The first-order valence-electron chi connectivity index (χ1n) is 13.4. The second-order valence-corrected chi connectivity index (χ2v) is 12.7. The lowest BCUT2D eigenvalue weighted by Gasteiger charge is -2.35. The lowest BCUT2D eigenvalue weighted by Crippen LogP contribution is -2.55. The summed E-state index contributed by atoms with van der Waals surface area (Å²) in [6.07, 6.45) is 0.205. The second-order valence-electron chi connectivity index (χ2n) is 10.6. The molecule has 3 aromatic carbocycles. The molecule has 0 spiro atoms. The number of nitrogens with one attached hydrogen (secondary N) is 1. The number of nitrogens with zero attached hydrogens (tertiary/aromatic N) is 3. The van der Waals surface area contributed by atoms with E-state index in [1.165, 1.54) is 31.1 Å². The molecule has 0 aromatic heterocycles. The number of rotatable bonds is 12. The third-order valence-electron chi connectivity index (χ3n) is 6.62. The van der Waals surface area contributed by atoms with Gasteiger partial charge in [0.25, 0.3) is 0 Å². The zero-order chi connectivity index (χ0) is 30.3. The molecule has 0 unspecified atom stereocenters. The van der Waals surface area contributed by atoms with Crippen LogP contribution >= 0.6 is 0 Å². The van der Waals surface area contributed by atoms with Gasteiger partial charge in [-0.25, -0.2) is 8.70 Å². The summed E-state index contributed by atoms with van der Waals surface area (Å²) in [6.45, 7) is 6.72. The minimum absolute atomic E-state index is 0.0230. The van der Waals surface area contributed by atoms with Gasteiger partial charge in [0.05, 0.1) is 5.69 Å². The number of carbonyl (C=O) groups is 2. The number of carbonyl (C=O) groups excluding carboxylic acids is 2. The normalized spacial score (nSPS) is 12.3. The van der Waals surface area contributed by atoms with E-state index in [0.29, 0.717) is 16.8 Å². The Morgan fingerprint density at radius 2 is 1.54 bits per heavy atom. The topological polar surface area (TPSA) is 90.0 Å². The first-order valence-corrected chi connectivity index (χ1v) is 14.8. The molecule has 0 aliphatic carbocycles. The highest BCUT2D eigenvalue weighted by molar-refractivity contribution is 7.90. The van der Waals surface area contributed by atoms with E-state index in [4.69, 9.17) is 0 Å². The van der Waals surface area contributed by atoms with Crippen LogP contribution in [0, 0.1) is 19.7 Å². The fraction of sp³-hybridized carbons (Fsp3) is 0.355. The Labute approximate surface area is 243 Å². The van der Waals surface area contributed by atoms with Gasteiger partial charge in [-0.05, 0) is 68.1 Å². The summed E-state index contributed by atoms with van der Waals surface area (Å²) in [7, 11) is -1.28. The maximum Gasteiger partial charge on any atom is 0.304 e. The summed E-state index contributed by atoms with van der Waals surface area (Å²) in [5.74, 6) is -1.36. The van der Waals surface area contributed by atoms with Crippen LogP contribution in [-0.4, -0.2) is 62.2 Å². The lowest BCUT2D eigenvalue weighted by molar-refractivity contribution is -0.140. The number of aryl methyl sites for hydroxylation is 2. The van der Waals surface area contributed by atoms with Gasteiger partial charge in [-0.15, -0.1) is 0 Å². The van der Waals surface area contributed by atoms with Crippen LogP contribution in [0.15, 0.2) is 72.8 Å². The highest BCUT2D eigenvalue weighted by Gasteiger charge is 2.35. The molecule has 0 saturated heterocycles. The Balaban J connectivity index is 2.12. The summed E-state index contributed by atoms with van der Waals surface area (Å²) in [5, 5.41) is 2.91. The van der Waals surface area contributed by atoms with Crippen LogP contribution < -0.4 is 9.62 Å². The van der Waals surface area contributed by atoms with Crippen molar-refractivity contribution in [2.24, 2.45) is 0 Å². The van der Waals surface area contributed by atoms with Gasteiger partial charge in [0.1, 0.15) is 18.4 Å². The molecule has 3 aromatic rings. The maximum absolute atomic E-state index is 14.2. The standard InChI is InChI=1S/C31H39FN4O4S/c1-22(2)33-31(38)29(19-25-10-8-7-9-11-25)35(20-26-14-16-27(32)17-15-26)30(37)21-36(41(39,40)34(5)6)28-18-23(3)12-13-24(28)4/h7-18,22,29H,19-21H2,1-6H3,(H,33,38)/t29-/m0/s1. The van der Waals surface area contributed by atoms with Crippen molar-refractivity contribution in [3.63, 3.8) is 0 Å². The first-order chi connectivity index (χ1) is 19.3. The average Bonchev–Trinajstić information content (AvgIpc) is 2.91. The Hall–Kier alpha value is -3.76. The molecular formula is C31H39FN4O4S. The van der Waals surface area contributed by atoms with Crippen molar-refractivity contribution >= 4 is 27.7 Å². The molecule has 0 bridgehead atoms. The van der Waals surface area contributed by atoms with Gasteiger partial charge >= 0.3 is 10.2 Å². The molecule has 0 aliphatic rings. The Kier molecular flexibility index (Phi) is 10.6. The summed E-state index contributed by atoms with van der Waals surface area (Å²) >= 11 is 0. The summed E-state index contributed by atoms with van der Waals surface area (Å²) in [5.41, 5.74) is 3.32. The number of halogens is 1. The zero-order valence-electron chi connectivity index (χ0n) is 24.5. The highest BCUT2D eigenvalue weighted by atomic mass is 32.2. The van der Waals surface area contributed by atoms with Crippen molar-refractivity contribution in [2.45, 2.75) is 52.7 Å². The molecule has 0 fully saturated rings. The van der Waals surface area contributed by atoms with Gasteiger partial charge in [0.15, 0.2) is 0 Å². The smallest absolute Gasteiger partial charge is 0.304 e. The van der Waals surface area contributed by atoms with Gasteiger partial charge in [-0.3, -0.25) is 9.59 Å². The number of benzene rings is 3. The molecule has 0 saturated carbocycles. The molecule has 0 heterocycles. The largest absolute Gasteiger partial charge is 0.352 e. The van der Waals surface area contributed by atoms with Gasteiger partial charge in [0, 0.05) is 33.1 Å². The quantitative estimate of drug-likeness (QED) is 0.346. The van der Waals surface area contributed by atoms with Crippen molar-refractivity contribution in [1.29, 1.82) is 0 Å². The molecule has 1 N–H and O–H groups in total. The van der Waals surface area contributed by atoms with E-state index in [2.05, 4.69) is 5.32 Å². The fourth-order valence-electron chi connectivity index (χ4n) is 4.41. The van der Waals surface area contributed by atoms with Crippen LogP contribution in [0.2, 0.25) is 0 Å². The van der Waals surface area contributed by atoms with Gasteiger partial charge < -0.3 is 10.2 Å². The number of amides is 2. The number of hydrogen-bond donors (Lipinski definition) is 1. The Bertz CT molecular complexity index is 1440. The van der Waals surface area contributed by atoms with E-state index >= 15 is 0 Å². The van der Waals surface area contributed by atoms with Crippen molar-refractivity contribution in [3.05, 3.63) is 101 Å². The van der Waals surface area contributed by atoms with Crippen LogP contribution in [-0.2, 0) is 32.8 Å². The third kappa shape index (κ3) is 8.37. The average molecular weight is 583 g/mol. The molecule has 1 atom stereocenters. The van der Waals surface area contributed by atoms with Crippen LogP contribution in [0.1, 0.15) is 36.1 Å². The van der Waals surface area contributed by atoms with Crippen LogP contribution in [0.3, 0.4) is 0 Å². The molecular weight excluding hydrogens is 543 g/mol. The van der Waals surface area contributed by atoms with E-state index in [9.17, 15) is 22.4 Å². The Morgan fingerprint density at radius 3 is 2.12 bits per heavy atom. The van der Waals surface area contributed by atoms with E-state index in [1.807, 2.05) is 57.2 Å². The SMILES string of the molecule is Cc1ccc(C)c(N(CC(=O)N(Cc2ccc(F)cc2)[C@@H](Cc2ccccc2)C(=O)NC(C)C)S(=O)(=O)N(C)C)c1. The van der Waals surface area contributed by atoms with Gasteiger partial charge in [0.2, 0.25) is 11.8 Å². The van der Waals surface area contributed by atoms with Crippen molar-refractivity contribution in [2.75, 3.05) is 24.9 Å². The predicted octanol–water partition coefficient (Wildman–Crippen LogP) is 4.22. The minimum atomic E-state index is -4.09. The van der Waals surface area contributed by atoms with Crippen LogP contribution in [0.4, 0.5) is 10.1 Å². The monoisotopic (exact) mass is 582 g/mol. The van der Waals surface area contributed by atoms with E-state index in [-0.39, 0.29) is 24.9 Å². The molecule has 0 radical (unpaired) electrons. The van der Waals surface area contributed by atoms with Crippen molar-refractivity contribution in [3.8, 4) is 0 Å². The minimum Gasteiger partial charge on any atom is -0.352 e. The number of hydrogen-bond acceptors (Lipinski definition) is 4. The molecule has 3 rings (SSSR count). The molecule has 2 amide bonds. The molecule has 10 heteroatoms. The molecule has 0 aliphatic heterocycles. The van der Waals surface area contributed by atoms with E-state index < -0.39 is 34.5 Å². The van der Waals surface area contributed by atoms with E-state index in [1.54, 1.807) is 31.2 Å². The summed E-state index contributed by atoms with van der Waals surface area (Å²) in [6, 6.07) is 19.2. The van der Waals surface area contributed by atoms with Crippen LogP contribution in [0.5, 0.6) is 0 Å². The zero-order valence-corrected chi connectivity index (χ0v) is 25.3. The Morgan fingerprint density at radius 1 is 0.902 bits per heavy atom. The molecule has 220 valence electrons. The van der Waals surface area contributed by atoms with Crippen LogP contribution in [0.25, 0.3) is 0 Å². The second kappa shape index (κ2) is 13.7. The summed E-state index contributed by atoms with van der Waals surface area (Å²) in [4.78, 5) is 29.2.